The first-order valence-electron chi connectivity index (χ1n) is 6.65. The molecule has 2 atom stereocenters. The molecule has 1 rings (SSSR count). The molecule has 0 saturated heterocycles. The number of aliphatic hydroxyl groups excluding tert-OH is 1. The van der Waals surface area contributed by atoms with Crippen molar-refractivity contribution in [3.05, 3.63) is 29.3 Å². The fraction of sp³-hybridized carbons (Fsp3) is 0.600. The van der Waals surface area contributed by atoms with Gasteiger partial charge in [-0.1, -0.05) is 32.0 Å². The van der Waals surface area contributed by atoms with Crippen LogP contribution in [0.15, 0.2) is 18.2 Å². The lowest BCUT2D eigenvalue weighted by atomic mass is 9.80. The summed E-state index contributed by atoms with van der Waals surface area (Å²) in [6.07, 6.45) is -8.06. The molecule has 2 unspecified atom stereocenters. The van der Waals surface area contributed by atoms with Gasteiger partial charge in [-0.3, -0.25) is 0 Å². The molecule has 3 nitrogen and oxygen atoms in total. The first-order valence-corrected chi connectivity index (χ1v) is 6.65. The Kier molecular flexibility index (Phi) is 5.28. The molecule has 0 aromatic heterocycles. The van der Waals surface area contributed by atoms with Crippen LogP contribution < -0.4 is 4.74 Å². The largest absolute Gasteiger partial charge is 0.496 e. The number of aliphatic hydroxyl groups is 2. The topological polar surface area (TPSA) is 49.7 Å². The van der Waals surface area contributed by atoms with E-state index in [-0.39, 0.29) is 23.7 Å². The van der Waals surface area contributed by atoms with E-state index in [9.17, 15) is 23.4 Å². The first kappa shape index (κ1) is 17.8. The van der Waals surface area contributed by atoms with Crippen LogP contribution in [0, 0.1) is 12.8 Å². The molecule has 0 spiro atoms. The third kappa shape index (κ3) is 3.68. The Morgan fingerprint density at radius 2 is 1.81 bits per heavy atom. The van der Waals surface area contributed by atoms with Crippen LogP contribution in [0.1, 0.15) is 31.4 Å². The van der Waals surface area contributed by atoms with Gasteiger partial charge in [0.25, 0.3) is 0 Å². The van der Waals surface area contributed by atoms with Gasteiger partial charge in [0.2, 0.25) is 0 Å². The van der Waals surface area contributed by atoms with Gasteiger partial charge in [0.1, 0.15) is 11.4 Å². The maximum atomic E-state index is 13.0. The van der Waals surface area contributed by atoms with Gasteiger partial charge in [-0.05, 0) is 24.8 Å². The lowest BCUT2D eigenvalue weighted by molar-refractivity contribution is -0.264. The Hall–Kier alpha value is -1.27. The highest BCUT2D eigenvalue weighted by Gasteiger charge is 2.54. The van der Waals surface area contributed by atoms with E-state index in [1.54, 1.807) is 26.8 Å². The van der Waals surface area contributed by atoms with Gasteiger partial charge in [0.05, 0.1) is 7.11 Å². The highest BCUT2D eigenvalue weighted by molar-refractivity contribution is 5.45. The molecule has 0 aliphatic carbocycles. The van der Waals surface area contributed by atoms with Crippen LogP contribution in [0.2, 0.25) is 0 Å². The molecule has 21 heavy (non-hydrogen) atoms. The quantitative estimate of drug-likeness (QED) is 0.878. The number of benzene rings is 1. The van der Waals surface area contributed by atoms with Crippen molar-refractivity contribution >= 4 is 0 Å². The summed E-state index contributed by atoms with van der Waals surface area (Å²) in [7, 11) is 1.32. The van der Waals surface area contributed by atoms with Crippen molar-refractivity contribution in [3.63, 3.8) is 0 Å². The second kappa shape index (κ2) is 6.23. The van der Waals surface area contributed by atoms with Crippen LogP contribution in [-0.2, 0) is 5.60 Å². The van der Waals surface area contributed by atoms with Crippen LogP contribution in [0.25, 0.3) is 0 Å². The van der Waals surface area contributed by atoms with E-state index in [2.05, 4.69) is 0 Å². The van der Waals surface area contributed by atoms with E-state index in [1.807, 2.05) is 0 Å². The van der Waals surface area contributed by atoms with Crippen molar-refractivity contribution in [2.45, 2.75) is 45.1 Å². The van der Waals surface area contributed by atoms with Crippen LogP contribution in [-0.4, -0.2) is 29.6 Å². The normalized spacial score (nSPS) is 16.7. The summed E-state index contributed by atoms with van der Waals surface area (Å²) in [6, 6.07) is 4.54. The highest BCUT2D eigenvalue weighted by Crippen LogP contribution is 2.43. The van der Waals surface area contributed by atoms with Crippen LogP contribution >= 0.6 is 0 Å². The lowest BCUT2D eigenvalue weighted by Gasteiger charge is -2.37. The SMILES string of the molecule is COc1c(C)cccc1C(O)(CC(C)C)C(O)C(F)(F)F. The predicted molar refractivity (Wildman–Crippen MR) is 73.1 cm³/mol. The van der Waals surface area contributed by atoms with E-state index in [0.717, 1.165) is 0 Å². The average molecular weight is 306 g/mol. The summed E-state index contributed by atoms with van der Waals surface area (Å²) >= 11 is 0. The van der Waals surface area contributed by atoms with Crippen LogP contribution in [0.3, 0.4) is 0 Å². The van der Waals surface area contributed by atoms with Crippen molar-refractivity contribution in [3.8, 4) is 5.75 Å². The molecule has 6 heteroatoms. The zero-order valence-corrected chi connectivity index (χ0v) is 12.5. The van der Waals surface area contributed by atoms with Crippen molar-refractivity contribution in [2.24, 2.45) is 5.92 Å². The molecule has 2 N–H and O–H groups in total. The van der Waals surface area contributed by atoms with Gasteiger partial charge < -0.3 is 14.9 Å². The maximum absolute atomic E-state index is 13.0. The van der Waals surface area contributed by atoms with E-state index in [0.29, 0.717) is 5.56 Å². The van der Waals surface area contributed by atoms with E-state index < -0.39 is 17.9 Å². The fourth-order valence-electron chi connectivity index (χ4n) is 2.53. The smallest absolute Gasteiger partial charge is 0.417 e. The monoisotopic (exact) mass is 306 g/mol. The standard InChI is InChI=1S/C15H21F3O3/c1-9(2)8-14(20,13(19)15(16,17)18)11-7-5-6-10(3)12(11)21-4/h5-7,9,13,19-20H,8H2,1-4H3. The first-order chi connectivity index (χ1) is 9.54. The number of para-hydroxylation sites is 1. The molecule has 0 aliphatic heterocycles. The molecule has 0 amide bonds. The molecular formula is C15H21F3O3. The lowest BCUT2D eigenvalue weighted by Crippen LogP contribution is -2.49. The summed E-state index contributed by atoms with van der Waals surface area (Å²) in [5.41, 5.74) is -1.92. The summed E-state index contributed by atoms with van der Waals surface area (Å²) in [6.45, 7) is 5.02. The predicted octanol–water partition coefficient (Wildman–Crippen LogP) is 3.16. The number of methoxy groups -OCH3 is 1. The molecule has 0 radical (unpaired) electrons. The highest BCUT2D eigenvalue weighted by atomic mass is 19.4. The molecule has 1 aromatic rings. The Morgan fingerprint density at radius 3 is 2.24 bits per heavy atom. The van der Waals surface area contributed by atoms with Gasteiger partial charge in [-0.2, -0.15) is 13.2 Å². The number of hydrogen-bond donors (Lipinski definition) is 2. The van der Waals surface area contributed by atoms with Crippen LogP contribution in [0.5, 0.6) is 5.75 Å². The fourth-order valence-corrected chi connectivity index (χ4v) is 2.53. The van der Waals surface area contributed by atoms with Gasteiger partial charge in [-0.15, -0.1) is 0 Å². The maximum Gasteiger partial charge on any atom is 0.417 e. The Labute approximate surface area is 122 Å². The number of alkyl halides is 3. The van der Waals surface area contributed by atoms with Crippen molar-refractivity contribution in [2.75, 3.05) is 7.11 Å². The summed E-state index contributed by atoms with van der Waals surface area (Å²) < 4.78 is 44.0. The Morgan fingerprint density at radius 1 is 1.24 bits per heavy atom. The summed E-state index contributed by atoms with van der Waals surface area (Å²) in [5.74, 6) is -0.0961. The van der Waals surface area contributed by atoms with E-state index >= 15 is 0 Å². The van der Waals surface area contributed by atoms with E-state index in [1.165, 1.54) is 19.2 Å². The third-order valence-corrected chi connectivity index (χ3v) is 3.36. The van der Waals surface area contributed by atoms with Crippen LogP contribution in [0.4, 0.5) is 13.2 Å². The number of aryl methyl sites for hydroxylation is 1. The minimum absolute atomic E-state index is 0.0523. The minimum Gasteiger partial charge on any atom is -0.496 e. The Bertz CT molecular complexity index is 486. The number of hydrogen-bond acceptors (Lipinski definition) is 3. The second-order valence-corrected chi connectivity index (χ2v) is 5.62. The van der Waals surface area contributed by atoms with Gasteiger partial charge in [0, 0.05) is 5.56 Å². The van der Waals surface area contributed by atoms with E-state index in [4.69, 9.17) is 4.74 Å². The second-order valence-electron chi connectivity index (χ2n) is 5.62. The summed E-state index contributed by atoms with van der Waals surface area (Å²) in [4.78, 5) is 0. The van der Waals surface area contributed by atoms with Gasteiger partial charge in [0.15, 0.2) is 6.10 Å². The molecule has 0 aliphatic rings. The van der Waals surface area contributed by atoms with Gasteiger partial charge >= 0.3 is 6.18 Å². The van der Waals surface area contributed by atoms with Gasteiger partial charge in [-0.25, -0.2) is 0 Å². The molecule has 0 bridgehead atoms. The van der Waals surface area contributed by atoms with Crippen molar-refractivity contribution in [1.82, 2.24) is 0 Å². The van der Waals surface area contributed by atoms with Crippen molar-refractivity contribution < 1.29 is 28.1 Å². The zero-order valence-electron chi connectivity index (χ0n) is 12.5. The summed E-state index contributed by atoms with van der Waals surface area (Å²) in [5, 5.41) is 20.3. The third-order valence-electron chi connectivity index (χ3n) is 3.36. The molecule has 0 fully saturated rings. The molecule has 120 valence electrons. The molecule has 0 saturated carbocycles. The zero-order chi connectivity index (χ0) is 16.4. The average Bonchev–Trinajstić information content (AvgIpc) is 2.35. The number of rotatable bonds is 5. The number of ether oxygens (including phenoxy) is 1. The number of halogens is 3. The Balaban J connectivity index is 3.48. The molecule has 0 heterocycles. The minimum atomic E-state index is -4.93. The molecular weight excluding hydrogens is 285 g/mol. The van der Waals surface area contributed by atoms with Crippen molar-refractivity contribution in [1.29, 1.82) is 0 Å². The molecule has 1 aromatic carbocycles.